The van der Waals surface area contributed by atoms with E-state index in [1.54, 1.807) is 0 Å². The van der Waals surface area contributed by atoms with E-state index in [0.29, 0.717) is 12.6 Å². The van der Waals surface area contributed by atoms with Crippen molar-refractivity contribution in [3.63, 3.8) is 0 Å². The number of guanidine groups is 1. The van der Waals surface area contributed by atoms with Gasteiger partial charge in [-0.3, -0.25) is 9.89 Å². The zero-order chi connectivity index (χ0) is 22.1. The minimum absolute atomic E-state index is 0.188. The number of carbonyl (C=O) groups excluding carboxylic acids is 1. The lowest BCUT2D eigenvalue weighted by Gasteiger charge is -2.49. The van der Waals surface area contributed by atoms with Crippen LogP contribution in [0.5, 0.6) is 0 Å². The minimum atomic E-state index is -0.188. The van der Waals surface area contributed by atoms with Gasteiger partial charge in [-0.15, -0.1) is 0 Å². The maximum atomic E-state index is 12.0. The van der Waals surface area contributed by atoms with E-state index in [0.717, 1.165) is 58.1 Å². The van der Waals surface area contributed by atoms with Crippen molar-refractivity contribution in [2.24, 2.45) is 4.99 Å². The number of nitrogens with one attached hydrogen (secondary N) is 2. The summed E-state index contributed by atoms with van der Waals surface area (Å²) < 4.78 is 5.14. The lowest BCUT2D eigenvalue weighted by atomic mass is 9.84. The molecule has 3 aliphatic rings. The standard InChI is InChI=1S/C23H44N6O2/c1-4-24-21(26-20-9-15-28(16-10-20)22(30)31-5-2)25-19-23(11-17-27(3)18-12-23)29-13-7-6-8-14-29/h20H,4-19H2,1-3H3,(H2,24,25,26). The Morgan fingerprint density at radius 2 is 1.71 bits per heavy atom. The summed E-state index contributed by atoms with van der Waals surface area (Å²) in [7, 11) is 2.23. The van der Waals surface area contributed by atoms with E-state index < -0.39 is 0 Å². The molecular weight excluding hydrogens is 392 g/mol. The first-order valence-corrected chi connectivity index (χ1v) is 12.5. The molecule has 2 N–H and O–H groups in total. The normalized spacial score (nSPS) is 24.1. The van der Waals surface area contributed by atoms with Crippen LogP contribution in [0.15, 0.2) is 4.99 Å². The monoisotopic (exact) mass is 436 g/mol. The van der Waals surface area contributed by atoms with Crippen molar-refractivity contribution in [1.82, 2.24) is 25.3 Å². The van der Waals surface area contributed by atoms with Gasteiger partial charge in [-0.1, -0.05) is 6.42 Å². The molecule has 0 aromatic carbocycles. The summed E-state index contributed by atoms with van der Waals surface area (Å²) in [6, 6.07) is 0.340. The SMILES string of the molecule is CCNC(=NCC1(N2CCCCC2)CCN(C)CC1)NC1CCN(C(=O)OCC)CC1. The molecule has 0 spiro atoms. The number of nitrogens with zero attached hydrogens (tertiary/aromatic N) is 4. The summed E-state index contributed by atoms with van der Waals surface area (Å²) >= 11 is 0. The second kappa shape index (κ2) is 11.9. The molecular formula is C23H44N6O2. The number of likely N-dealkylation sites (tertiary alicyclic amines) is 3. The van der Waals surface area contributed by atoms with Gasteiger partial charge in [0.05, 0.1) is 13.2 Å². The molecule has 0 aliphatic carbocycles. The van der Waals surface area contributed by atoms with Crippen LogP contribution in [-0.4, -0.2) is 104 Å². The Morgan fingerprint density at radius 3 is 2.32 bits per heavy atom. The molecule has 0 bridgehead atoms. The molecule has 8 heteroatoms. The number of aliphatic imine (C=N–C) groups is 1. The van der Waals surface area contributed by atoms with Gasteiger partial charge in [0, 0.05) is 31.2 Å². The van der Waals surface area contributed by atoms with E-state index in [9.17, 15) is 4.79 Å². The van der Waals surface area contributed by atoms with E-state index >= 15 is 0 Å². The van der Waals surface area contributed by atoms with E-state index in [1.807, 2.05) is 11.8 Å². The molecule has 0 saturated carbocycles. The Hall–Kier alpha value is -1.54. The second-order valence-electron chi connectivity index (χ2n) is 9.38. The molecule has 0 unspecified atom stereocenters. The number of ether oxygens (including phenoxy) is 1. The summed E-state index contributed by atoms with van der Waals surface area (Å²) in [6.45, 7) is 12.3. The molecule has 0 aromatic heterocycles. The number of amides is 1. The van der Waals surface area contributed by atoms with E-state index in [2.05, 4.69) is 34.4 Å². The van der Waals surface area contributed by atoms with Gasteiger partial charge in [0.15, 0.2) is 5.96 Å². The van der Waals surface area contributed by atoms with Crippen LogP contribution >= 0.6 is 0 Å². The van der Waals surface area contributed by atoms with Gasteiger partial charge >= 0.3 is 6.09 Å². The molecule has 3 fully saturated rings. The van der Waals surface area contributed by atoms with Gasteiger partial charge < -0.3 is 25.2 Å². The third kappa shape index (κ3) is 6.72. The molecule has 0 atom stereocenters. The highest BCUT2D eigenvalue weighted by Gasteiger charge is 2.39. The van der Waals surface area contributed by atoms with Gasteiger partial charge in [0.1, 0.15) is 0 Å². The van der Waals surface area contributed by atoms with E-state index in [1.165, 1.54) is 45.2 Å². The Balaban J connectivity index is 1.60. The molecule has 3 rings (SSSR count). The fraction of sp³-hybridized carbons (Fsp3) is 0.913. The van der Waals surface area contributed by atoms with Gasteiger partial charge in [-0.05, 0) is 85.6 Å². The topological polar surface area (TPSA) is 72.4 Å². The van der Waals surface area contributed by atoms with Crippen molar-refractivity contribution in [3.8, 4) is 0 Å². The maximum Gasteiger partial charge on any atom is 0.409 e. The van der Waals surface area contributed by atoms with Crippen LogP contribution in [0, 0.1) is 0 Å². The highest BCUT2D eigenvalue weighted by atomic mass is 16.6. The van der Waals surface area contributed by atoms with Crippen molar-refractivity contribution < 1.29 is 9.53 Å². The maximum absolute atomic E-state index is 12.0. The van der Waals surface area contributed by atoms with Crippen molar-refractivity contribution in [3.05, 3.63) is 0 Å². The molecule has 178 valence electrons. The highest BCUT2D eigenvalue weighted by molar-refractivity contribution is 5.80. The third-order valence-electron chi connectivity index (χ3n) is 7.18. The predicted molar refractivity (Wildman–Crippen MR) is 126 cm³/mol. The smallest absolute Gasteiger partial charge is 0.409 e. The molecule has 31 heavy (non-hydrogen) atoms. The summed E-state index contributed by atoms with van der Waals surface area (Å²) in [5, 5.41) is 7.11. The Kier molecular flexibility index (Phi) is 9.26. The Labute approximate surface area is 188 Å². The highest BCUT2D eigenvalue weighted by Crippen LogP contribution is 2.31. The van der Waals surface area contributed by atoms with Crippen LogP contribution < -0.4 is 10.6 Å². The summed E-state index contributed by atoms with van der Waals surface area (Å²) in [6.07, 6.45) is 8.06. The number of hydrogen-bond donors (Lipinski definition) is 2. The van der Waals surface area contributed by atoms with Gasteiger partial charge in [0.25, 0.3) is 0 Å². The first kappa shape index (κ1) is 24.1. The van der Waals surface area contributed by atoms with Crippen LogP contribution in [0.4, 0.5) is 4.79 Å². The summed E-state index contributed by atoms with van der Waals surface area (Å²) in [5.74, 6) is 0.924. The minimum Gasteiger partial charge on any atom is -0.450 e. The molecule has 8 nitrogen and oxygen atoms in total. The predicted octanol–water partition coefficient (Wildman–Crippen LogP) is 2.11. The van der Waals surface area contributed by atoms with Gasteiger partial charge in [-0.25, -0.2) is 4.79 Å². The number of rotatable bonds is 6. The number of carbonyl (C=O) groups is 1. The van der Waals surface area contributed by atoms with Crippen LogP contribution in [0.3, 0.4) is 0 Å². The first-order valence-electron chi connectivity index (χ1n) is 12.5. The fourth-order valence-electron chi connectivity index (χ4n) is 5.14. The average Bonchev–Trinajstić information content (AvgIpc) is 2.80. The summed E-state index contributed by atoms with van der Waals surface area (Å²) in [5.41, 5.74) is 0.197. The molecule has 3 heterocycles. The van der Waals surface area contributed by atoms with E-state index in [4.69, 9.17) is 9.73 Å². The van der Waals surface area contributed by atoms with E-state index in [-0.39, 0.29) is 11.6 Å². The zero-order valence-corrected chi connectivity index (χ0v) is 20.0. The summed E-state index contributed by atoms with van der Waals surface area (Å²) in [4.78, 5) is 24.1. The van der Waals surface area contributed by atoms with Crippen LogP contribution in [-0.2, 0) is 4.74 Å². The molecule has 0 aromatic rings. The first-order chi connectivity index (χ1) is 15.1. The van der Waals surface area contributed by atoms with Gasteiger partial charge in [-0.2, -0.15) is 0 Å². The lowest BCUT2D eigenvalue weighted by molar-refractivity contribution is 0.0207. The number of hydrogen-bond acceptors (Lipinski definition) is 5. The van der Waals surface area contributed by atoms with Crippen molar-refractivity contribution in [2.45, 2.75) is 70.4 Å². The van der Waals surface area contributed by atoms with Crippen molar-refractivity contribution >= 4 is 12.1 Å². The van der Waals surface area contributed by atoms with Crippen LogP contribution in [0.25, 0.3) is 0 Å². The fourth-order valence-corrected chi connectivity index (χ4v) is 5.14. The van der Waals surface area contributed by atoms with Crippen LogP contribution in [0.1, 0.15) is 58.8 Å². The van der Waals surface area contributed by atoms with Crippen molar-refractivity contribution in [2.75, 3.05) is 66.0 Å². The molecule has 1 amide bonds. The second-order valence-corrected chi connectivity index (χ2v) is 9.38. The largest absolute Gasteiger partial charge is 0.450 e. The quantitative estimate of drug-likeness (QED) is 0.491. The molecule has 3 saturated heterocycles. The molecule has 3 aliphatic heterocycles. The third-order valence-corrected chi connectivity index (χ3v) is 7.18. The Bertz CT molecular complexity index is 577. The average molecular weight is 437 g/mol. The van der Waals surface area contributed by atoms with Crippen molar-refractivity contribution in [1.29, 1.82) is 0 Å². The van der Waals surface area contributed by atoms with Gasteiger partial charge in [0.2, 0.25) is 0 Å². The zero-order valence-electron chi connectivity index (χ0n) is 20.0. The molecule has 0 radical (unpaired) electrons. The lowest BCUT2D eigenvalue weighted by Crippen LogP contribution is -2.58. The number of piperidine rings is 3. The van der Waals surface area contributed by atoms with Crippen LogP contribution in [0.2, 0.25) is 0 Å². The Morgan fingerprint density at radius 1 is 1.03 bits per heavy atom.